The molecule has 0 bridgehead atoms. The van der Waals surface area contributed by atoms with Gasteiger partial charge in [0.2, 0.25) is 0 Å². The second-order valence-corrected chi connectivity index (χ2v) is 6.65. The number of benzene rings is 1. The predicted molar refractivity (Wildman–Crippen MR) is 79.9 cm³/mol. The molecule has 0 spiro atoms. The summed E-state index contributed by atoms with van der Waals surface area (Å²) in [6.45, 7) is 6.09. The summed E-state index contributed by atoms with van der Waals surface area (Å²) < 4.78 is 18.2. The van der Waals surface area contributed by atoms with E-state index in [0.717, 1.165) is 29.8 Å². The quantitative estimate of drug-likeness (QED) is 0.917. The Morgan fingerprint density at radius 1 is 1.40 bits per heavy atom. The SMILES string of the molecule is CC1(C)OCC(CNC2CCOc3ccc(Br)cc32)O1. The first kappa shape index (κ1) is 14.3. The Labute approximate surface area is 127 Å². The molecule has 0 aromatic heterocycles. The molecular weight excluding hydrogens is 322 g/mol. The zero-order valence-electron chi connectivity index (χ0n) is 11.8. The van der Waals surface area contributed by atoms with Gasteiger partial charge < -0.3 is 19.5 Å². The molecule has 0 aliphatic carbocycles. The number of fused-ring (bicyclic) bond motifs is 1. The van der Waals surface area contributed by atoms with Gasteiger partial charge in [0.05, 0.1) is 19.3 Å². The van der Waals surface area contributed by atoms with Crippen LogP contribution in [0, 0.1) is 0 Å². The van der Waals surface area contributed by atoms with Crippen molar-refractivity contribution in [2.24, 2.45) is 0 Å². The van der Waals surface area contributed by atoms with Gasteiger partial charge in [-0.05, 0) is 32.0 Å². The maximum Gasteiger partial charge on any atom is 0.163 e. The molecule has 0 amide bonds. The second kappa shape index (κ2) is 5.64. The molecule has 0 saturated carbocycles. The maximum atomic E-state index is 5.83. The first-order valence-electron chi connectivity index (χ1n) is 7.01. The average molecular weight is 342 g/mol. The van der Waals surface area contributed by atoms with Gasteiger partial charge in [0.1, 0.15) is 5.75 Å². The van der Waals surface area contributed by atoms with Crippen LogP contribution in [0.25, 0.3) is 0 Å². The van der Waals surface area contributed by atoms with Crippen molar-refractivity contribution < 1.29 is 14.2 Å². The first-order valence-corrected chi connectivity index (χ1v) is 7.80. The van der Waals surface area contributed by atoms with Crippen molar-refractivity contribution >= 4 is 15.9 Å². The molecule has 5 heteroatoms. The summed E-state index contributed by atoms with van der Waals surface area (Å²) in [5.41, 5.74) is 1.21. The molecule has 1 aromatic rings. The lowest BCUT2D eigenvalue weighted by atomic mass is 10.0. The van der Waals surface area contributed by atoms with Gasteiger partial charge in [-0.25, -0.2) is 0 Å². The van der Waals surface area contributed by atoms with Crippen LogP contribution in [-0.2, 0) is 9.47 Å². The topological polar surface area (TPSA) is 39.7 Å². The minimum absolute atomic E-state index is 0.114. The number of ether oxygens (including phenoxy) is 3. The molecule has 1 aromatic carbocycles. The normalized spacial score (nSPS) is 27.9. The minimum atomic E-state index is -0.455. The molecule has 3 rings (SSSR count). The Bertz CT molecular complexity index is 492. The lowest BCUT2D eigenvalue weighted by molar-refractivity contribution is -0.137. The Morgan fingerprint density at radius 2 is 2.25 bits per heavy atom. The summed E-state index contributed by atoms with van der Waals surface area (Å²) >= 11 is 3.52. The molecule has 0 radical (unpaired) electrons. The summed E-state index contributed by atoms with van der Waals surface area (Å²) in [6.07, 6.45) is 1.09. The summed E-state index contributed by atoms with van der Waals surface area (Å²) in [7, 11) is 0. The zero-order valence-corrected chi connectivity index (χ0v) is 13.4. The molecule has 2 aliphatic heterocycles. The minimum Gasteiger partial charge on any atom is -0.493 e. The van der Waals surface area contributed by atoms with Gasteiger partial charge in [-0.3, -0.25) is 0 Å². The van der Waals surface area contributed by atoms with E-state index < -0.39 is 5.79 Å². The summed E-state index contributed by atoms with van der Waals surface area (Å²) in [5.74, 6) is 0.518. The van der Waals surface area contributed by atoms with E-state index in [1.54, 1.807) is 0 Å². The lowest BCUT2D eigenvalue weighted by Gasteiger charge is -2.28. The van der Waals surface area contributed by atoms with Crippen molar-refractivity contribution in [2.45, 2.75) is 38.2 Å². The smallest absolute Gasteiger partial charge is 0.163 e. The highest BCUT2D eigenvalue weighted by Crippen LogP contribution is 2.34. The van der Waals surface area contributed by atoms with Gasteiger partial charge >= 0.3 is 0 Å². The largest absolute Gasteiger partial charge is 0.493 e. The van der Waals surface area contributed by atoms with Crippen molar-refractivity contribution in [1.29, 1.82) is 0 Å². The van der Waals surface area contributed by atoms with Crippen molar-refractivity contribution in [2.75, 3.05) is 19.8 Å². The fourth-order valence-corrected chi connectivity index (χ4v) is 3.09. The van der Waals surface area contributed by atoms with Gasteiger partial charge in [-0.1, -0.05) is 15.9 Å². The van der Waals surface area contributed by atoms with Crippen LogP contribution in [0.3, 0.4) is 0 Å². The van der Waals surface area contributed by atoms with Gasteiger partial charge in [-0.15, -0.1) is 0 Å². The Balaban J connectivity index is 1.63. The van der Waals surface area contributed by atoms with Crippen LogP contribution < -0.4 is 10.1 Å². The standard InChI is InChI=1S/C15H20BrNO3/c1-15(2)19-9-11(20-15)8-17-13-5-6-18-14-4-3-10(16)7-12(13)14/h3-4,7,11,13,17H,5-6,8-9H2,1-2H3. The number of halogens is 1. The average Bonchev–Trinajstić information content (AvgIpc) is 2.76. The molecule has 2 aliphatic rings. The highest BCUT2D eigenvalue weighted by atomic mass is 79.9. The summed E-state index contributed by atoms with van der Waals surface area (Å²) in [4.78, 5) is 0. The second-order valence-electron chi connectivity index (χ2n) is 5.73. The predicted octanol–water partition coefficient (Wildman–Crippen LogP) is 3.01. The van der Waals surface area contributed by atoms with Crippen molar-refractivity contribution in [3.05, 3.63) is 28.2 Å². The molecular formula is C15H20BrNO3. The van der Waals surface area contributed by atoms with E-state index in [1.807, 2.05) is 26.0 Å². The molecule has 110 valence electrons. The van der Waals surface area contributed by atoms with E-state index in [9.17, 15) is 0 Å². The molecule has 1 N–H and O–H groups in total. The van der Waals surface area contributed by atoms with Crippen LogP contribution in [0.15, 0.2) is 22.7 Å². The Kier molecular flexibility index (Phi) is 4.04. The van der Waals surface area contributed by atoms with Crippen LogP contribution in [0.5, 0.6) is 5.75 Å². The lowest BCUT2D eigenvalue weighted by Crippen LogP contribution is -2.35. The molecule has 4 nitrogen and oxygen atoms in total. The fraction of sp³-hybridized carbons (Fsp3) is 0.600. The van der Waals surface area contributed by atoms with Crippen molar-refractivity contribution in [3.8, 4) is 5.75 Å². The third-order valence-electron chi connectivity index (χ3n) is 3.67. The van der Waals surface area contributed by atoms with Crippen LogP contribution >= 0.6 is 15.9 Å². The molecule has 2 heterocycles. The first-order chi connectivity index (χ1) is 9.53. The Hall–Kier alpha value is -0.620. The monoisotopic (exact) mass is 341 g/mol. The van der Waals surface area contributed by atoms with Crippen molar-refractivity contribution in [3.63, 3.8) is 0 Å². The van der Waals surface area contributed by atoms with Crippen LogP contribution in [0.1, 0.15) is 31.9 Å². The molecule has 20 heavy (non-hydrogen) atoms. The van der Waals surface area contributed by atoms with Gasteiger partial charge in [0, 0.05) is 29.0 Å². The molecule has 2 atom stereocenters. The van der Waals surface area contributed by atoms with E-state index in [2.05, 4.69) is 27.3 Å². The third-order valence-corrected chi connectivity index (χ3v) is 4.16. The molecule has 1 fully saturated rings. The van der Waals surface area contributed by atoms with E-state index in [1.165, 1.54) is 5.56 Å². The van der Waals surface area contributed by atoms with E-state index >= 15 is 0 Å². The van der Waals surface area contributed by atoms with Crippen LogP contribution in [0.2, 0.25) is 0 Å². The highest BCUT2D eigenvalue weighted by Gasteiger charge is 2.33. The van der Waals surface area contributed by atoms with E-state index in [0.29, 0.717) is 12.6 Å². The fourth-order valence-electron chi connectivity index (χ4n) is 2.71. The van der Waals surface area contributed by atoms with Gasteiger partial charge in [0.25, 0.3) is 0 Å². The van der Waals surface area contributed by atoms with Gasteiger partial charge in [0.15, 0.2) is 5.79 Å². The van der Waals surface area contributed by atoms with Crippen LogP contribution in [-0.4, -0.2) is 31.6 Å². The number of rotatable bonds is 3. The number of hydrogen-bond donors (Lipinski definition) is 1. The Morgan fingerprint density at radius 3 is 3.00 bits per heavy atom. The van der Waals surface area contributed by atoms with Crippen molar-refractivity contribution in [1.82, 2.24) is 5.32 Å². The van der Waals surface area contributed by atoms with E-state index in [4.69, 9.17) is 14.2 Å². The summed E-state index contributed by atoms with van der Waals surface area (Å²) in [6, 6.07) is 6.47. The van der Waals surface area contributed by atoms with Gasteiger partial charge in [-0.2, -0.15) is 0 Å². The molecule has 2 unspecified atom stereocenters. The number of nitrogens with one attached hydrogen (secondary N) is 1. The summed E-state index contributed by atoms with van der Waals surface area (Å²) in [5, 5.41) is 3.58. The highest BCUT2D eigenvalue weighted by molar-refractivity contribution is 9.10. The van der Waals surface area contributed by atoms with E-state index in [-0.39, 0.29) is 6.10 Å². The maximum absolute atomic E-state index is 5.83. The van der Waals surface area contributed by atoms with Crippen LogP contribution in [0.4, 0.5) is 0 Å². The third kappa shape index (κ3) is 3.17. The number of hydrogen-bond acceptors (Lipinski definition) is 4. The molecule has 1 saturated heterocycles. The zero-order chi connectivity index (χ0) is 14.2.